The zero-order chi connectivity index (χ0) is 19.0. The Kier molecular flexibility index (Phi) is 4.50. The van der Waals surface area contributed by atoms with Gasteiger partial charge in [0.15, 0.2) is 0 Å². The van der Waals surface area contributed by atoms with Crippen LogP contribution in [0.15, 0.2) is 72.8 Å². The van der Waals surface area contributed by atoms with E-state index >= 15 is 0 Å². The third-order valence-electron chi connectivity index (χ3n) is 4.77. The molecule has 1 amide bonds. The van der Waals surface area contributed by atoms with Gasteiger partial charge in [0.1, 0.15) is 6.17 Å². The van der Waals surface area contributed by atoms with Crippen LogP contribution in [0.25, 0.3) is 0 Å². The average molecular weight is 378 g/mol. The number of rotatable bonds is 3. The molecule has 27 heavy (non-hydrogen) atoms. The standard InChI is InChI=1S/C22H20ClN3O/c1-25(2)15-11-13-16(14-12-15)26-21(17-7-3-5-9-19(17)23)24-20-10-6-4-8-18(20)22(26)27/h3-14,21,24H,1-2H3. The number of hydrogen-bond acceptors (Lipinski definition) is 3. The highest BCUT2D eigenvalue weighted by molar-refractivity contribution is 6.31. The van der Waals surface area contributed by atoms with E-state index < -0.39 is 0 Å². The summed E-state index contributed by atoms with van der Waals surface area (Å²) in [4.78, 5) is 17.2. The van der Waals surface area contributed by atoms with Crippen molar-refractivity contribution < 1.29 is 4.79 Å². The van der Waals surface area contributed by atoms with Gasteiger partial charge in [0.05, 0.1) is 5.56 Å². The summed E-state index contributed by atoms with van der Waals surface area (Å²) in [6.07, 6.45) is -0.383. The van der Waals surface area contributed by atoms with E-state index in [2.05, 4.69) is 5.32 Å². The molecule has 0 fully saturated rings. The van der Waals surface area contributed by atoms with Gasteiger partial charge in [-0.15, -0.1) is 0 Å². The van der Waals surface area contributed by atoms with Gasteiger partial charge in [-0.25, -0.2) is 0 Å². The van der Waals surface area contributed by atoms with E-state index in [0.717, 1.165) is 22.6 Å². The van der Waals surface area contributed by atoms with E-state index in [9.17, 15) is 4.79 Å². The van der Waals surface area contributed by atoms with E-state index in [1.165, 1.54) is 0 Å². The van der Waals surface area contributed by atoms with Crippen LogP contribution in [0, 0.1) is 0 Å². The third-order valence-corrected chi connectivity index (χ3v) is 5.11. The van der Waals surface area contributed by atoms with Crippen LogP contribution in [-0.4, -0.2) is 20.0 Å². The topological polar surface area (TPSA) is 35.6 Å². The van der Waals surface area contributed by atoms with Crippen molar-refractivity contribution in [1.29, 1.82) is 0 Å². The average Bonchev–Trinajstić information content (AvgIpc) is 2.68. The Bertz CT molecular complexity index is 985. The molecule has 136 valence electrons. The second-order valence-corrected chi connectivity index (χ2v) is 7.11. The Morgan fingerprint density at radius 3 is 2.30 bits per heavy atom. The quantitative estimate of drug-likeness (QED) is 0.683. The Morgan fingerprint density at radius 2 is 1.59 bits per heavy atom. The first-order valence-electron chi connectivity index (χ1n) is 8.77. The fraction of sp³-hybridized carbons (Fsp3) is 0.136. The zero-order valence-electron chi connectivity index (χ0n) is 15.2. The fourth-order valence-corrected chi connectivity index (χ4v) is 3.58. The molecule has 0 saturated heterocycles. The molecule has 5 heteroatoms. The first-order valence-corrected chi connectivity index (χ1v) is 9.15. The fourth-order valence-electron chi connectivity index (χ4n) is 3.35. The Labute approximate surface area is 164 Å². The maximum absolute atomic E-state index is 13.4. The van der Waals surface area contributed by atoms with Gasteiger partial charge in [-0.2, -0.15) is 0 Å². The summed E-state index contributed by atoms with van der Waals surface area (Å²) in [5, 5.41) is 4.10. The van der Waals surface area contributed by atoms with Gasteiger partial charge in [-0.3, -0.25) is 9.69 Å². The molecule has 1 aliphatic rings. The van der Waals surface area contributed by atoms with Gasteiger partial charge in [-0.1, -0.05) is 41.9 Å². The lowest BCUT2D eigenvalue weighted by Crippen LogP contribution is -2.43. The number of fused-ring (bicyclic) bond motifs is 1. The van der Waals surface area contributed by atoms with E-state index in [1.807, 2.05) is 91.8 Å². The normalized spacial score (nSPS) is 15.9. The maximum Gasteiger partial charge on any atom is 0.262 e. The van der Waals surface area contributed by atoms with Crippen LogP contribution in [0.4, 0.5) is 17.1 Å². The molecule has 0 radical (unpaired) electrons. The highest BCUT2D eigenvalue weighted by Gasteiger charge is 2.34. The number of nitrogens with zero attached hydrogens (tertiary/aromatic N) is 2. The summed E-state index contributed by atoms with van der Waals surface area (Å²) in [6.45, 7) is 0. The summed E-state index contributed by atoms with van der Waals surface area (Å²) in [6, 6.07) is 23.1. The number of carbonyl (C=O) groups excluding carboxylic acids is 1. The lowest BCUT2D eigenvalue weighted by atomic mass is 10.0. The van der Waals surface area contributed by atoms with Crippen LogP contribution < -0.4 is 15.1 Å². The van der Waals surface area contributed by atoms with Crippen LogP contribution in [0.2, 0.25) is 5.02 Å². The summed E-state index contributed by atoms with van der Waals surface area (Å²) in [5.41, 5.74) is 4.22. The van der Waals surface area contributed by atoms with Crippen molar-refractivity contribution in [1.82, 2.24) is 0 Å². The molecule has 4 rings (SSSR count). The molecule has 1 N–H and O–H groups in total. The molecule has 1 unspecified atom stereocenters. The SMILES string of the molecule is CN(C)c1ccc(N2C(=O)c3ccccc3NC2c2ccccc2Cl)cc1. The van der Waals surface area contributed by atoms with Gasteiger partial charge >= 0.3 is 0 Å². The highest BCUT2D eigenvalue weighted by atomic mass is 35.5. The number of amides is 1. The van der Waals surface area contributed by atoms with Crippen molar-refractivity contribution in [2.45, 2.75) is 6.17 Å². The molecule has 4 nitrogen and oxygen atoms in total. The van der Waals surface area contributed by atoms with E-state index in [0.29, 0.717) is 10.6 Å². The molecular formula is C22H20ClN3O. The van der Waals surface area contributed by atoms with Gasteiger partial charge in [0.25, 0.3) is 5.91 Å². The molecule has 0 saturated carbocycles. The van der Waals surface area contributed by atoms with Crippen molar-refractivity contribution in [2.75, 3.05) is 29.2 Å². The van der Waals surface area contributed by atoms with Crippen molar-refractivity contribution in [3.05, 3.63) is 88.9 Å². The lowest BCUT2D eigenvalue weighted by Gasteiger charge is -2.38. The first kappa shape index (κ1) is 17.4. The van der Waals surface area contributed by atoms with Crippen molar-refractivity contribution >= 4 is 34.6 Å². The number of hydrogen-bond donors (Lipinski definition) is 1. The van der Waals surface area contributed by atoms with E-state index in [4.69, 9.17) is 11.6 Å². The van der Waals surface area contributed by atoms with Crippen molar-refractivity contribution in [3.63, 3.8) is 0 Å². The predicted molar refractivity (Wildman–Crippen MR) is 112 cm³/mol. The molecule has 0 bridgehead atoms. The Balaban J connectivity index is 1.84. The second kappa shape index (κ2) is 6.97. The molecule has 3 aromatic carbocycles. The smallest absolute Gasteiger partial charge is 0.262 e. The predicted octanol–water partition coefficient (Wildman–Crippen LogP) is 5.18. The van der Waals surface area contributed by atoms with Crippen molar-refractivity contribution in [3.8, 4) is 0 Å². The van der Waals surface area contributed by atoms with Crippen molar-refractivity contribution in [2.24, 2.45) is 0 Å². The van der Waals surface area contributed by atoms with Crippen LogP contribution >= 0.6 is 11.6 Å². The molecule has 3 aromatic rings. The van der Waals surface area contributed by atoms with Crippen LogP contribution in [-0.2, 0) is 0 Å². The van der Waals surface area contributed by atoms with Gasteiger partial charge in [0.2, 0.25) is 0 Å². The van der Waals surface area contributed by atoms with Gasteiger partial charge in [-0.05, 0) is 42.5 Å². The first-order chi connectivity index (χ1) is 13.1. The molecule has 0 spiro atoms. The Morgan fingerprint density at radius 1 is 0.926 bits per heavy atom. The van der Waals surface area contributed by atoms with Gasteiger partial charge < -0.3 is 10.2 Å². The number of carbonyl (C=O) groups is 1. The highest BCUT2D eigenvalue weighted by Crippen LogP contribution is 2.39. The van der Waals surface area contributed by atoms with Gasteiger partial charge in [0, 0.05) is 41.7 Å². The molecule has 1 aliphatic heterocycles. The van der Waals surface area contributed by atoms with Crippen LogP contribution in [0.1, 0.15) is 22.1 Å². The maximum atomic E-state index is 13.4. The lowest BCUT2D eigenvalue weighted by molar-refractivity contribution is 0.0975. The molecule has 0 aromatic heterocycles. The largest absolute Gasteiger partial charge is 0.378 e. The van der Waals surface area contributed by atoms with Crippen LogP contribution in [0.5, 0.6) is 0 Å². The zero-order valence-corrected chi connectivity index (χ0v) is 15.9. The van der Waals surface area contributed by atoms with E-state index in [1.54, 1.807) is 4.90 Å². The number of para-hydroxylation sites is 1. The molecule has 1 heterocycles. The minimum absolute atomic E-state index is 0.0492. The summed E-state index contributed by atoms with van der Waals surface area (Å²) in [7, 11) is 3.98. The number of halogens is 1. The monoisotopic (exact) mass is 377 g/mol. The molecule has 1 atom stereocenters. The number of nitrogens with one attached hydrogen (secondary N) is 1. The van der Waals surface area contributed by atoms with E-state index in [-0.39, 0.29) is 12.1 Å². The second-order valence-electron chi connectivity index (χ2n) is 6.70. The summed E-state index contributed by atoms with van der Waals surface area (Å²) < 4.78 is 0. The number of anilines is 3. The minimum atomic E-state index is -0.383. The summed E-state index contributed by atoms with van der Waals surface area (Å²) in [5.74, 6) is -0.0492. The third kappa shape index (κ3) is 3.13. The molecule has 0 aliphatic carbocycles. The summed E-state index contributed by atoms with van der Waals surface area (Å²) >= 11 is 6.47. The molecular weight excluding hydrogens is 358 g/mol. The Hall–Kier alpha value is -2.98. The van der Waals surface area contributed by atoms with Crippen LogP contribution in [0.3, 0.4) is 0 Å². The minimum Gasteiger partial charge on any atom is -0.378 e. The number of benzene rings is 3.